The molecule has 0 bridgehead atoms. The summed E-state index contributed by atoms with van der Waals surface area (Å²) >= 11 is 0. The first-order valence-corrected chi connectivity index (χ1v) is 8.72. The van der Waals surface area contributed by atoms with Crippen LogP contribution in [0, 0.1) is 5.92 Å². The van der Waals surface area contributed by atoms with Gasteiger partial charge in [-0.15, -0.1) is 0 Å². The molecule has 1 aromatic carbocycles. The number of hydrogen-bond donors (Lipinski definition) is 1. The molecular formula is C19H28N2O2. The standard InChI is InChI=1S/C19H28N2O2/c1-19(2)12-17(9-11-23-19)20-18(22)16-8-10-21(14-16)13-15-6-4-3-5-7-15/h3-7,16-17H,8-14H2,1-2H3,(H,20,22)/t16-,17-/m1/s1. The fourth-order valence-electron chi connectivity index (χ4n) is 3.71. The summed E-state index contributed by atoms with van der Waals surface area (Å²) < 4.78 is 5.73. The van der Waals surface area contributed by atoms with Crippen LogP contribution in [0.3, 0.4) is 0 Å². The van der Waals surface area contributed by atoms with Gasteiger partial charge in [-0.05, 0) is 45.2 Å². The van der Waals surface area contributed by atoms with Crippen LogP contribution in [0.25, 0.3) is 0 Å². The zero-order valence-corrected chi connectivity index (χ0v) is 14.3. The number of benzene rings is 1. The fraction of sp³-hybridized carbons (Fsp3) is 0.632. The smallest absolute Gasteiger partial charge is 0.224 e. The van der Waals surface area contributed by atoms with Crippen LogP contribution in [0.15, 0.2) is 30.3 Å². The van der Waals surface area contributed by atoms with Crippen molar-refractivity contribution in [2.45, 2.75) is 51.3 Å². The number of ether oxygens (including phenoxy) is 1. The second-order valence-corrected chi connectivity index (χ2v) is 7.51. The highest BCUT2D eigenvalue weighted by Gasteiger charge is 2.33. The van der Waals surface area contributed by atoms with E-state index < -0.39 is 0 Å². The van der Waals surface area contributed by atoms with Gasteiger partial charge >= 0.3 is 0 Å². The van der Waals surface area contributed by atoms with Crippen LogP contribution in [0.4, 0.5) is 0 Å². The van der Waals surface area contributed by atoms with Crippen molar-refractivity contribution in [3.63, 3.8) is 0 Å². The van der Waals surface area contributed by atoms with Crippen molar-refractivity contribution in [1.29, 1.82) is 0 Å². The molecule has 4 heteroatoms. The van der Waals surface area contributed by atoms with Gasteiger partial charge in [0.1, 0.15) is 0 Å². The first-order valence-electron chi connectivity index (χ1n) is 8.72. The summed E-state index contributed by atoms with van der Waals surface area (Å²) in [4.78, 5) is 14.9. The number of rotatable bonds is 4. The Hall–Kier alpha value is -1.39. The number of nitrogens with one attached hydrogen (secondary N) is 1. The molecular weight excluding hydrogens is 288 g/mol. The zero-order chi connectivity index (χ0) is 16.3. The van der Waals surface area contributed by atoms with Gasteiger partial charge in [0.2, 0.25) is 5.91 Å². The summed E-state index contributed by atoms with van der Waals surface area (Å²) in [6.07, 6.45) is 2.79. The summed E-state index contributed by atoms with van der Waals surface area (Å²) in [5, 5.41) is 3.26. The number of amides is 1. The molecule has 2 heterocycles. The van der Waals surface area contributed by atoms with Crippen LogP contribution in [-0.4, -0.2) is 42.1 Å². The molecule has 3 rings (SSSR count). The molecule has 2 aliphatic rings. The van der Waals surface area contributed by atoms with Crippen LogP contribution in [0.1, 0.15) is 38.7 Å². The normalized spacial score (nSPS) is 27.7. The zero-order valence-electron chi connectivity index (χ0n) is 14.3. The fourth-order valence-corrected chi connectivity index (χ4v) is 3.71. The van der Waals surface area contributed by atoms with Crippen molar-refractivity contribution in [3.05, 3.63) is 35.9 Å². The van der Waals surface area contributed by atoms with Crippen LogP contribution in [-0.2, 0) is 16.1 Å². The van der Waals surface area contributed by atoms with Crippen LogP contribution in [0.5, 0.6) is 0 Å². The molecule has 4 nitrogen and oxygen atoms in total. The summed E-state index contributed by atoms with van der Waals surface area (Å²) in [6, 6.07) is 10.7. The van der Waals surface area contributed by atoms with Gasteiger partial charge in [0.05, 0.1) is 11.5 Å². The lowest BCUT2D eigenvalue weighted by Gasteiger charge is -2.36. The predicted molar refractivity (Wildman–Crippen MR) is 91.0 cm³/mol. The molecule has 0 aromatic heterocycles. The number of likely N-dealkylation sites (tertiary alicyclic amines) is 1. The average Bonchev–Trinajstić information content (AvgIpc) is 2.96. The van der Waals surface area contributed by atoms with E-state index in [9.17, 15) is 4.79 Å². The van der Waals surface area contributed by atoms with Gasteiger partial charge in [0, 0.05) is 25.7 Å². The molecule has 2 atom stereocenters. The van der Waals surface area contributed by atoms with Crippen LogP contribution < -0.4 is 5.32 Å². The van der Waals surface area contributed by atoms with Crippen molar-refractivity contribution in [3.8, 4) is 0 Å². The van der Waals surface area contributed by atoms with Crippen molar-refractivity contribution in [1.82, 2.24) is 10.2 Å². The molecule has 1 N–H and O–H groups in total. The lowest BCUT2D eigenvalue weighted by molar-refractivity contribution is -0.127. The minimum atomic E-state index is -0.120. The van der Waals surface area contributed by atoms with Gasteiger partial charge in [-0.3, -0.25) is 9.69 Å². The molecule has 126 valence electrons. The van der Waals surface area contributed by atoms with Crippen molar-refractivity contribution < 1.29 is 9.53 Å². The molecule has 1 aromatic rings. The highest BCUT2D eigenvalue weighted by molar-refractivity contribution is 5.79. The molecule has 0 saturated carbocycles. The lowest BCUT2D eigenvalue weighted by atomic mass is 9.93. The molecule has 0 aliphatic carbocycles. The average molecular weight is 316 g/mol. The van der Waals surface area contributed by atoms with Crippen molar-refractivity contribution in [2.75, 3.05) is 19.7 Å². The Balaban J connectivity index is 1.48. The second kappa shape index (κ2) is 7.02. The monoisotopic (exact) mass is 316 g/mol. The molecule has 2 aliphatic heterocycles. The second-order valence-electron chi connectivity index (χ2n) is 7.51. The van der Waals surface area contributed by atoms with Crippen LogP contribution in [0.2, 0.25) is 0 Å². The van der Waals surface area contributed by atoms with E-state index in [4.69, 9.17) is 4.74 Å². The topological polar surface area (TPSA) is 41.6 Å². The number of carbonyl (C=O) groups is 1. The minimum Gasteiger partial charge on any atom is -0.375 e. The molecule has 0 radical (unpaired) electrons. The number of nitrogens with zero attached hydrogens (tertiary/aromatic N) is 1. The summed E-state index contributed by atoms with van der Waals surface area (Å²) in [6.45, 7) is 7.75. The molecule has 0 spiro atoms. The minimum absolute atomic E-state index is 0.120. The number of carbonyl (C=O) groups excluding carboxylic acids is 1. The maximum absolute atomic E-state index is 12.5. The van der Waals surface area contributed by atoms with E-state index in [0.717, 1.165) is 45.5 Å². The summed E-state index contributed by atoms with van der Waals surface area (Å²) in [5.41, 5.74) is 1.20. The highest BCUT2D eigenvalue weighted by Crippen LogP contribution is 2.25. The van der Waals surface area contributed by atoms with E-state index in [1.165, 1.54) is 5.56 Å². The first kappa shape index (κ1) is 16.5. The molecule has 2 fully saturated rings. The Kier molecular flexibility index (Phi) is 5.02. The third kappa shape index (κ3) is 4.55. The van der Waals surface area contributed by atoms with Gasteiger partial charge in [0.25, 0.3) is 0 Å². The van der Waals surface area contributed by atoms with E-state index in [0.29, 0.717) is 0 Å². The number of hydrogen-bond acceptors (Lipinski definition) is 3. The summed E-state index contributed by atoms with van der Waals surface area (Å²) in [5.74, 6) is 0.355. The highest BCUT2D eigenvalue weighted by atomic mass is 16.5. The quantitative estimate of drug-likeness (QED) is 0.928. The van der Waals surface area contributed by atoms with E-state index in [2.05, 4.69) is 48.3 Å². The third-order valence-corrected chi connectivity index (χ3v) is 4.94. The first-order chi connectivity index (χ1) is 11.0. The Labute approximate surface area is 139 Å². The van der Waals surface area contributed by atoms with Crippen molar-refractivity contribution >= 4 is 5.91 Å². The van der Waals surface area contributed by atoms with Gasteiger partial charge < -0.3 is 10.1 Å². The van der Waals surface area contributed by atoms with E-state index in [1.807, 2.05) is 6.07 Å². The maximum atomic E-state index is 12.5. The Morgan fingerprint density at radius 1 is 1.30 bits per heavy atom. The SMILES string of the molecule is CC1(C)C[C@H](NC(=O)[C@@H]2CCN(Cc3ccccc3)C2)CCO1. The van der Waals surface area contributed by atoms with Crippen LogP contribution >= 0.6 is 0 Å². The molecule has 1 amide bonds. The van der Waals surface area contributed by atoms with E-state index in [1.54, 1.807) is 0 Å². The summed E-state index contributed by atoms with van der Waals surface area (Å²) in [7, 11) is 0. The molecule has 2 saturated heterocycles. The lowest BCUT2D eigenvalue weighted by Crippen LogP contribution is -2.47. The third-order valence-electron chi connectivity index (χ3n) is 4.94. The van der Waals surface area contributed by atoms with E-state index in [-0.39, 0.29) is 23.5 Å². The van der Waals surface area contributed by atoms with Gasteiger partial charge in [-0.25, -0.2) is 0 Å². The Bertz CT molecular complexity index is 529. The Morgan fingerprint density at radius 2 is 2.09 bits per heavy atom. The maximum Gasteiger partial charge on any atom is 0.224 e. The predicted octanol–water partition coefficient (Wildman–Crippen LogP) is 2.58. The van der Waals surface area contributed by atoms with Crippen molar-refractivity contribution in [2.24, 2.45) is 5.92 Å². The molecule has 23 heavy (non-hydrogen) atoms. The van der Waals surface area contributed by atoms with Gasteiger partial charge in [0.15, 0.2) is 0 Å². The largest absolute Gasteiger partial charge is 0.375 e. The van der Waals surface area contributed by atoms with Gasteiger partial charge in [-0.1, -0.05) is 30.3 Å². The Morgan fingerprint density at radius 3 is 2.83 bits per heavy atom. The van der Waals surface area contributed by atoms with E-state index >= 15 is 0 Å². The van der Waals surface area contributed by atoms with Gasteiger partial charge in [-0.2, -0.15) is 0 Å². The molecule has 0 unspecified atom stereocenters.